The molecule has 0 heterocycles. The molecule has 0 aromatic heterocycles. The van der Waals surface area contributed by atoms with Gasteiger partial charge in [-0.15, -0.1) is 0 Å². The summed E-state index contributed by atoms with van der Waals surface area (Å²) in [6.45, 7) is 0. The normalized spacial score (nSPS) is 9.67. The molecule has 0 bridgehead atoms. The van der Waals surface area contributed by atoms with E-state index in [0.29, 0.717) is 5.56 Å². The van der Waals surface area contributed by atoms with E-state index in [1.54, 1.807) is 0 Å². The van der Waals surface area contributed by atoms with Gasteiger partial charge in [0.25, 0.3) is 0 Å². The van der Waals surface area contributed by atoms with Crippen molar-refractivity contribution in [2.24, 2.45) is 5.73 Å². The van der Waals surface area contributed by atoms with Crippen LogP contribution < -0.4 is 5.73 Å². The predicted molar refractivity (Wildman–Crippen MR) is 52.3 cm³/mol. The molecule has 0 fully saturated rings. The first-order chi connectivity index (χ1) is 7.04. The highest BCUT2D eigenvalue weighted by Crippen LogP contribution is 2.19. The molecule has 15 heavy (non-hydrogen) atoms. The second-order valence-corrected chi connectivity index (χ2v) is 2.98. The van der Waals surface area contributed by atoms with Gasteiger partial charge in [-0.1, -0.05) is 6.07 Å². The van der Waals surface area contributed by atoms with Crippen LogP contribution in [0.4, 0.5) is 0 Å². The Hall–Kier alpha value is -2.04. The number of benzene rings is 1. The van der Waals surface area contributed by atoms with Crippen LogP contribution in [-0.2, 0) is 16.0 Å². The van der Waals surface area contributed by atoms with E-state index in [0.717, 1.165) is 0 Å². The van der Waals surface area contributed by atoms with Crippen molar-refractivity contribution in [1.82, 2.24) is 0 Å². The number of phenols is 1. The van der Waals surface area contributed by atoms with Gasteiger partial charge in [-0.05, 0) is 12.1 Å². The maximum Gasteiger partial charge on any atom is 0.337 e. The van der Waals surface area contributed by atoms with E-state index in [2.05, 4.69) is 4.74 Å². The van der Waals surface area contributed by atoms with Gasteiger partial charge in [0, 0.05) is 5.56 Å². The Balaban J connectivity index is 2.97. The summed E-state index contributed by atoms with van der Waals surface area (Å²) < 4.78 is 4.47. The van der Waals surface area contributed by atoms with Gasteiger partial charge in [-0.25, -0.2) is 4.79 Å². The number of nitrogens with two attached hydrogens (primary N) is 1. The van der Waals surface area contributed by atoms with E-state index in [1.807, 2.05) is 0 Å². The summed E-state index contributed by atoms with van der Waals surface area (Å²) in [5.74, 6) is -1.23. The third-order valence-electron chi connectivity index (χ3n) is 1.87. The van der Waals surface area contributed by atoms with Gasteiger partial charge in [0.1, 0.15) is 5.75 Å². The molecule has 1 amide bonds. The Morgan fingerprint density at radius 2 is 2.13 bits per heavy atom. The molecule has 0 saturated heterocycles. The van der Waals surface area contributed by atoms with Crippen molar-refractivity contribution in [1.29, 1.82) is 0 Å². The maximum atomic E-state index is 11.1. The number of carbonyl (C=O) groups is 2. The number of aromatic hydroxyl groups is 1. The fourth-order valence-electron chi connectivity index (χ4n) is 1.15. The van der Waals surface area contributed by atoms with E-state index in [9.17, 15) is 14.7 Å². The molecule has 5 heteroatoms. The largest absolute Gasteiger partial charge is 0.508 e. The highest BCUT2D eigenvalue weighted by molar-refractivity contribution is 5.90. The van der Waals surface area contributed by atoms with Crippen LogP contribution >= 0.6 is 0 Å². The van der Waals surface area contributed by atoms with Crippen molar-refractivity contribution < 1.29 is 19.4 Å². The lowest BCUT2D eigenvalue weighted by atomic mass is 10.1. The van der Waals surface area contributed by atoms with E-state index < -0.39 is 11.9 Å². The molecule has 1 rings (SSSR count). The van der Waals surface area contributed by atoms with Gasteiger partial charge in [0.15, 0.2) is 0 Å². The Bertz CT molecular complexity index is 400. The SMILES string of the molecule is COC(=O)c1ccc(CC(N)=O)c(O)c1. The Morgan fingerprint density at radius 3 is 2.60 bits per heavy atom. The van der Waals surface area contributed by atoms with Crippen molar-refractivity contribution in [2.45, 2.75) is 6.42 Å². The number of rotatable bonds is 3. The second kappa shape index (κ2) is 4.45. The van der Waals surface area contributed by atoms with Crippen LogP contribution in [0.3, 0.4) is 0 Å². The molecule has 0 aliphatic carbocycles. The minimum Gasteiger partial charge on any atom is -0.508 e. The van der Waals surface area contributed by atoms with E-state index >= 15 is 0 Å². The molecule has 0 saturated carbocycles. The third-order valence-corrected chi connectivity index (χ3v) is 1.87. The molecule has 0 atom stereocenters. The van der Waals surface area contributed by atoms with Crippen LogP contribution in [0.2, 0.25) is 0 Å². The van der Waals surface area contributed by atoms with Crippen molar-refractivity contribution in [3.05, 3.63) is 29.3 Å². The molecule has 0 radical (unpaired) electrons. The average Bonchev–Trinajstić information content (AvgIpc) is 2.19. The van der Waals surface area contributed by atoms with Gasteiger partial charge < -0.3 is 15.6 Å². The molecule has 0 spiro atoms. The predicted octanol–water partition coefficient (Wildman–Crippen LogP) is 0.207. The van der Waals surface area contributed by atoms with E-state index in [1.165, 1.54) is 25.3 Å². The highest BCUT2D eigenvalue weighted by atomic mass is 16.5. The van der Waals surface area contributed by atoms with Crippen molar-refractivity contribution in [3.8, 4) is 5.75 Å². The zero-order chi connectivity index (χ0) is 11.4. The topological polar surface area (TPSA) is 89.6 Å². The third kappa shape index (κ3) is 2.70. The van der Waals surface area contributed by atoms with Crippen LogP contribution in [0, 0.1) is 0 Å². The van der Waals surface area contributed by atoms with Crippen LogP contribution in [0.5, 0.6) is 5.75 Å². The summed E-state index contributed by atoms with van der Waals surface area (Å²) in [5.41, 5.74) is 5.59. The van der Waals surface area contributed by atoms with E-state index in [4.69, 9.17) is 5.73 Å². The molecule has 3 N–H and O–H groups in total. The number of hydrogen-bond donors (Lipinski definition) is 2. The summed E-state index contributed by atoms with van der Waals surface area (Å²) in [7, 11) is 1.25. The molecular weight excluding hydrogens is 198 g/mol. The number of ether oxygens (including phenoxy) is 1. The smallest absolute Gasteiger partial charge is 0.337 e. The standard InChI is InChI=1S/C10H11NO4/c1-15-10(14)7-3-2-6(5-9(11)13)8(12)4-7/h2-4,12H,5H2,1H3,(H2,11,13). The number of methoxy groups -OCH3 is 1. The molecule has 80 valence electrons. The van der Waals surface area contributed by atoms with Crippen LogP contribution in [0.15, 0.2) is 18.2 Å². The fourth-order valence-corrected chi connectivity index (χ4v) is 1.15. The van der Waals surface area contributed by atoms with Crippen LogP contribution in [0.25, 0.3) is 0 Å². The minimum absolute atomic E-state index is 0.0622. The van der Waals surface area contributed by atoms with Crippen LogP contribution in [-0.4, -0.2) is 24.1 Å². The molecular formula is C10H11NO4. The summed E-state index contributed by atoms with van der Waals surface area (Å²) >= 11 is 0. The molecule has 0 unspecified atom stereocenters. The lowest BCUT2D eigenvalue weighted by Gasteiger charge is -2.04. The first kappa shape index (κ1) is 11.0. The zero-order valence-corrected chi connectivity index (χ0v) is 8.19. The summed E-state index contributed by atoms with van der Waals surface area (Å²) in [5, 5.41) is 9.47. The minimum atomic E-state index is -0.545. The quantitative estimate of drug-likeness (QED) is 0.696. The zero-order valence-electron chi connectivity index (χ0n) is 8.19. The average molecular weight is 209 g/mol. The number of carbonyl (C=O) groups excluding carboxylic acids is 2. The molecule has 1 aromatic rings. The summed E-state index contributed by atoms with van der Waals surface area (Å²) in [4.78, 5) is 21.7. The second-order valence-electron chi connectivity index (χ2n) is 2.98. The van der Waals surface area contributed by atoms with Crippen molar-refractivity contribution >= 4 is 11.9 Å². The Kier molecular flexibility index (Phi) is 3.28. The molecule has 0 aliphatic rings. The number of primary amides is 1. The Morgan fingerprint density at radius 1 is 1.47 bits per heavy atom. The van der Waals surface area contributed by atoms with E-state index in [-0.39, 0.29) is 17.7 Å². The number of hydrogen-bond acceptors (Lipinski definition) is 4. The Labute approximate surface area is 86.5 Å². The number of amides is 1. The van der Waals surface area contributed by atoms with Gasteiger partial charge in [-0.2, -0.15) is 0 Å². The van der Waals surface area contributed by atoms with Gasteiger partial charge in [0.2, 0.25) is 5.91 Å². The summed E-state index contributed by atoms with van der Waals surface area (Å²) in [6.07, 6.45) is -0.0622. The van der Waals surface area contributed by atoms with Crippen LogP contribution in [0.1, 0.15) is 15.9 Å². The van der Waals surface area contributed by atoms with Gasteiger partial charge in [-0.3, -0.25) is 4.79 Å². The highest BCUT2D eigenvalue weighted by Gasteiger charge is 2.10. The summed E-state index contributed by atoms with van der Waals surface area (Å²) in [6, 6.07) is 4.17. The maximum absolute atomic E-state index is 11.1. The molecule has 1 aromatic carbocycles. The lowest BCUT2D eigenvalue weighted by molar-refractivity contribution is -0.117. The van der Waals surface area contributed by atoms with Crippen molar-refractivity contribution in [2.75, 3.05) is 7.11 Å². The fraction of sp³-hybridized carbons (Fsp3) is 0.200. The molecule has 0 aliphatic heterocycles. The first-order valence-electron chi connectivity index (χ1n) is 4.23. The van der Waals surface area contributed by atoms with Gasteiger partial charge in [0.05, 0.1) is 19.1 Å². The van der Waals surface area contributed by atoms with Gasteiger partial charge >= 0.3 is 5.97 Å². The molecule has 5 nitrogen and oxygen atoms in total. The monoisotopic (exact) mass is 209 g/mol. The van der Waals surface area contributed by atoms with Crippen molar-refractivity contribution in [3.63, 3.8) is 0 Å². The number of esters is 1. The lowest BCUT2D eigenvalue weighted by Crippen LogP contribution is -2.14. The number of phenolic OH excluding ortho intramolecular Hbond substituents is 1. The first-order valence-corrected chi connectivity index (χ1v) is 4.23.